The van der Waals surface area contributed by atoms with Crippen LogP contribution in [0.4, 0.5) is 26.7 Å². The van der Waals surface area contributed by atoms with Crippen LogP contribution in [0.15, 0.2) is 18.2 Å². The standard InChI is InChI=1S/C23H34N4O6/c1-22(2,3)32-20(28)26(21(29)33-23(4,5)6)18-10-9-17(15-19(18)27(30)31)25-13-11-24(12-14-25)16-7-8-16/h9-10,15-16H,7-8,11-14H2,1-6H3. The summed E-state index contributed by atoms with van der Waals surface area (Å²) in [6.07, 6.45) is 0.410. The number of hydrogen-bond acceptors (Lipinski definition) is 8. The van der Waals surface area contributed by atoms with E-state index >= 15 is 0 Å². The molecule has 1 saturated heterocycles. The normalized spacial score (nSPS) is 17.5. The third-order valence-electron chi connectivity index (χ3n) is 5.29. The third-order valence-corrected chi connectivity index (χ3v) is 5.29. The van der Waals surface area contributed by atoms with Crippen molar-refractivity contribution < 1.29 is 24.0 Å². The minimum Gasteiger partial charge on any atom is -0.443 e. The number of nitrogens with zero attached hydrogens (tertiary/aromatic N) is 4. The summed E-state index contributed by atoms with van der Waals surface area (Å²) in [7, 11) is 0. The van der Waals surface area contributed by atoms with Crippen LogP contribution in [0.3, 0.4) is 0 Å². The molecule has 33 heavy (non-hydrogen) atoms. The SMILES string of the molecule is CC(C)(C)OC(=O)N(C(=O)OC(C)(C)C)c1ccc(N2CCN(C3CC3)CC2)cc1[N+](=O)[O-]. The fourth-order valence-electron chi connectivity index (χ4n) is 3.72. The maximum Gasteiger partial charge on any atom is 0.424 e. The molecule has 1 aliphatic heterocycles. The lowest BCUT2D eigenvalue weighted by Crippen LogP contribution is -2.47. The van der Waals surface area contributed by atoms with Gasteiger partial charge in [-0.1, -0.05) is 0 Å². The highest BCUT2D eigenvalue weighted by Crippen LogP contribution is 2.35. The van der Waals surface area contributed by atoms with Crippen LogP contribution in [0.2, 0.25) is 0 Å². The number of nitro benzene ring substituents is 1. The first-order valence-electron chi connectivity index (χ1n) is 11.3. The van der Waals surface area contributed by atoms with Gasteiger partial charge in [-0.2, -0.15) is 4.90 Å². The van der Waals surface area contributed by atoms with Crippen molar-refractivity contribution in [2.75, 3.05) is 36.0 Å². The van der Waals surface area contributed by atoms with Crippen LogP contribution >= 0.6 is 0 Å². The minimum atomic E-state index is -1.04. The molecule has 0 radical (unpaired) electrons. The smallest absolute Gasteiger partial charge is 0.424 e. The van der Waals surface area contributed by atoms with Gasteiger partial charge >= 0.3 is 12.2 Å². The summed E-state index contributed by atoms with van der Waals surface area (Å²) in [6, 6.07) is 5.19. The van der Waals surface area contributed by atoms with Crippen molar-refractivity contribution in [1.82, 2.24) is 4.90 Å². The molecule has 0 atom stereocenters. The Bertz CT molecular complexity index is 881. The lowest BCUT2D eigenvalue weighted by atomic mass is 10.1. The van der Waals surface area contributed by atoms with Gasteiger partial charge in [0.2, 0.25) is 0 Å². The molecule has 0 unspecified atom stereocenters. The van der Waals surface area contributed by atoms with Crippen molar-refractivity contribution in [1.29, 1.82) is 0 Å². The van der Waals surface area contributed by atoms with Crippen LogP contribution in [-0.4, -0.2) is 65.4 Å². The average Bonchev–Trinajstić information content (AvgIpc) is 3.51. The van der Waals surface area contributed by atoms with E-state index in [0.29, 0.717) is 16.6 Å². The maximum atomic E-state index is 12.9. The quantitative estimate of drug-likeness (QED) is 0.474. The number of rotatable bonds is 4. The average molecular weight is 463 g/mol. The van der Waals surface area contributed by atoms with Gasteiger partial charge in [-0.25, -0.2) is 9.59 Å². The van der Waals surface area contributed by atoms with E-state index in [1.807, 2.05) is 0 Å². The molecule has 1 aromatic carbocycles. The number of nitro groups is 1. The largest absolute Gasteiger partial charge is 0.443 e. The molecular formula is C23H34N4O6. The zero-order chi connectivity index (χ0) is 24.6. The molecule has 0 aromatic heterocycles. The second-order valence-electron chi connectivity index (χ2n) is 10.5. The lowest BCUT2D eigenvalue weighted by molar-refractivity contribution is -0.384. The van der Waals surface area contributed by atoms with Crippen LogP contribution in [0.5, 0.6) is 0 Å². The Balaban J connectivity index is 1.92. The van der Waals surface area contributed by atoms with E-state index in [0.717, 1.165) is 26.2 Å². The number of carbonyl (C=O) groups is 2. The summed E-state index contributed by atoms with van der Waals surface area (Å²) in [4.78, 5) is 42.3. The van der Waals surface area contributed by atoms with E-state index in [2.05, 4.69) is 9.80 Å². The zero-order valence-corrected chi connectivity index (χ0v) is 20.3. The summed E-state index contributed by atoms with van der Waals surface area (Å²) < 4.78 is 10.7. The van der Waals surface area contributed by atoms with Crippen molar-refractivity contribution in [2.45, 2.75) is 71.6 Å². The first-order valence-corrected chi connectivity index (χ1v) is 11.3. The molecule has 2 amide bonds. The molecule has 182 valence electrons. The Hall–Kier alpha value is -2.88. The summed E-state index contributed by atoms with van der Waals surface area (Å²) in [5, 5.41) is 12.0. The van der Waals surface area contributed by atoms with Gasteiger partial charge < -0.3 is 14.4 Å². The molecule has 1 saturated carbocycles. The van der Waals surface area contributed by atoms with Crippen LogP contribution in [0, 0.1) is 10.1 Å². The lowest BCUT2D eigenvalue weighted by Gasteiger charge is -2.36. The Labute approximate surface area is 194 Å². The first kappa shape index (κ1) is 24.8. The Kier molecular flexibility index (Phi) is 6.88. The highest BCUT2D eigenvalue weighted by Gasteiger charge is 2.37. The molecule has 0 spiro atoms. The van der Waals surface area contributed by atoms with Crippen LogP contribution in [0.1, 0.15) is 54.4 Å². The molecule has 2 fully saturated rings. The molecule has 10 nitrogen and oxygen atoms in total. The number of benzene rings is 1. The minimum absolute atomic E-state index is 0.191. The van der Waals surface area contributed by atoms with Crippen molar-refractivity contribution in [3.8, 4) is 0 Å². The maximum absolute atomic E-state index is 12.9. The van der Waals surface area contributed by atoms with E-state index in [9.17, 15) is 19.7 Å². The number of amides is 2. The predicted octanol–water partition coefficient (Wildman–Crippen LogP) is 4.56. The van der Waals surface area contributed by atoms with E-state index in [-0.39, 0.29) is 11.4 Å². The number of anilines is 2. The fraction of sp³-hybridized carbons (Fsp3) is 0.652. The molecule has 1 aromatic rings. The van der Waals surface area contributed by atoms with E-state index < -0.39 is 28.3 Å². The summed E-state index contributed by atoms with van der Waals surface area (Å²) in [5.74, 6) is 0. The van der Waals surface area contributed by atoms with Crippen molar-refractivity contribution in [3.63, 3.8) is 0 Å². The first-order chi connectivity index (χ1) is 15.2. The van der Waals surface area contributed by atoms with Crippen LogP contribution in [0.25, 0.3) is 0 Å². The molecule has 3 rings (SSSR count). The van der Waals surface area contributed by atoms with Crippen molar-refractivity contribution in [2.24, 2.45) is 0 Å². The second kappa shape index (κ2) is 9.17. The molecule has 10 heteroatoms. The van der Waals surface area contributed by atoms with Gasteiger partial charge in [-0.05, 0) is 66.5 Å². The van der Waals surface area contributed by atoms with E-state index in [1.165, 1.54) is 25.0 Å². The monoisotopic (exact) mass is 462 g/mol. The van der Waals surface area contributed by atoms with Gasteiger partial charge in [0.05, 0.1) is 4.92 Å². The number of carbonyl (C=O) groups excluding carboxylic acids is 2. The number of imide groups is 1. The molecule has 0 N–H and O–H groups in total. The number of piperazine rings is 1. The summed E-state index contributed by atoms with van der Waals surface area (Å²) in [5.41, 5.74) is -1.70. The molecule has 0 bridgehead atoms. The Morgan fingerprint density at radius 1 is 0.970 bits per heavy atom. The topological polar surface area (TPSA) is 105 Å². The highest BCUT2D eigenvalue weighted by molar-refractivity contribution is 6.11. The van der Waals surface area contributed by atoms with Gasteiger partial charge in [0.1, 0.15) is 16.9 Å². The van der Waals surface area contributed by atoms with E-state index in [1.54, 1.807) is 47.6 Å². The predicted molar refractivity (Wildman–Crippen MR) is 125 cm³/mol. The Morgan fingerprint density at radius 3 is 1.91 bits per heavy atom. The Morgan fingerprint density at radius 2 is 1.48 bits per heavy atom. The third kappa shape index (κ3) is 6.56. The van der Waals surface area contributed by atoms with Gasteiger partial charge in [0.25, 0.3) is 5.69 Å². The second-order valence-corrected chi connectivity index (χ2v) is 10.5. The molecule has 1 aliphatic carbocycles. The summed E-state index contributed by atoms with van der Waals surface area (Å²) >= 11 is 0. The van der Waals surface area contributed by atoms with E-state index in [4.69, 9.17) is 9.47 Å². The summed E-state index contributed by atoms with van der Waals surface area (Å²) in [6.45, 7) is 13.2. The molecular weight excluding hydrogens is 428 g/mol. The molecule has 2 aliphatic rings. The van der Waals surface area contributed by atoms with Crippen LogP contribution in [-0.2, 0) is 9.47 Å². The van der Waals surface area contributed by atoms with Crippen molar-refractivity contribution in [3.05, 3.63) is 28.3 Å². The highest BCUT2D eigenvalue weighted by atomic mass is 16.6. The number of ether oxygens (including phenoxy) is 2. The fourth-order valence-corrected chi connectivity index (χ4v) is 3.72. The van der Waals surface area contributed by atoms with Gasteiger partial charge in [0.15, 0.2) is 0 Å². The van der Waals surface area contributed by atoms with Crippen molar-refractivity contribution >= 4 is 29.2 Å². The van der Waals surface area contributed by atoms with Gasteiger partial charge in [-0.15, -0.1) is 0 Å². The number of hydrogen-bond donors (Lipinski definition) is 0. The van der Waals surface area contributed by atoms with Gasteiger partial charge in [-0.3, -0.25) is 15.0 Å². The zero-order valence-electron chi connectivity index (χ0n) is 20.3. The molecule has 1 heterocycles. The van der Waals surface area contributed by atoms with Gasteiger partial charge in [0, 0.05) is 44.0 Å². The van der Waals surface area contributed by atoms with Crippen LogP contribution < -0.4 is 9.80 Å².